The van der Waals surface area contributed by atoms with E-state index in [1.54, 1.807) is 0 Å². The van der Waals surface area contributed by atoms with Gasteiger partial charge in [0.25, 0.3) is 0 Å². The van der Waals surface area contributed by atoms with E-state index in [1.807, 2.05) is 34.6 Å². The van der Waals surface area contributed by atoms with Gasteiger partial charge in [0.2, 0.25) is 0 Å². The second kappa shape index (κ2) is 8.96. The van der Waals surface area contributed by atoms with Gasteiger partial charge in [0, 0.05) is 0 Å². The van der Waals surface area contributed by atoms with Crippen LogP contribution in [0.4, 0.5) is 9.18 Å². The zero-order chi connectivity index (χ0) is 14.1. The molecular formula is C12H24FNO3. The number of alkyl halides is 1. The Morgan fingerprint density at radius 1 is 1.29 bits per heavy atom. The molecule has 0 aromatic heterocycles. The third-order valence-corrected chi connectivity index (χ3v) is 1.85. The highest BCUT2D eigenvalue weighted by Crippen LogP contribution is 2.19. The molecule has 0 rings (SSSR count). The van der Waals surface area contributed by atoms with Gasteiger partial charge in [-0.15, -0.1) is 0 Å². The summed E-state index contributed by atoms with van der Waals surface area (Å²) in [5, 5.41) is 2.41. The topological polar surface area (TPSA) is 55.4 Å². The molecule has 17 heavy (non-hydrogen) atoms. The SMILES string of the molecule is CC.CC(=O)C(NC(=O)OCCF)C(C)(C)C. The van der Waals surface area contributed by atoms with Gasteiger partial charge in [-0.2, -0.15) is 0 Å². The quantitative estimate of drug-likeness (QED) is 0.833. The molecule has 0 saturated carbocycles. The Labute approximate surface area is 103 Å². The van der Waals surface area contributed by atoms with Crippen LogP contribution in [0, 0.1) is 5.41 Å². The second-order valence-electron chi connectivity index (χ2n) is 4.38. The van der Waals surface area contributed by atoms with Crippen molar-refractivity contribution in [2.45, 2.75) is 47.6 Å². The normalized spacial score (nSPS) is 11.9. The fourth-order valence-electron chi connectivity index (χ4n) is 1.22. The maximum absolute atomic E-state index is 11.7. The summed E-state index contributed by atoms with van der Waals surface area (Å²) in [6, 6.07) is -0.621. The molecule has 0 bridgehead atoms. The van der Waals surface area contributed by atoms with E-state index in [0.29, 0.717) is 0 Å². The molecule has 1 N–H and O–H groups in total. The smallest absolute Gasteiger partial charge is 0.407 e. The van der Waals surface area contributed by atoms with Gasteiger partial charge in [-0.25, -0.2) is 9.18 Å². The van der Waals surface area contributed by atoms with Crippen LogP contribution in [0.3, 0.4) is 0 Å². The summed E-state index contributed by atoms with van der Waals surface area (Å²) in [6.07, 6.45) is -0.761. The van der Waals surface area contributed by atoms with E-state index < -0.39 is 18.8 Å². The van der Waals surface area contributed by atoms with Crippen LogP contribution in [-0.2, 0) is 9.53 Å². The van der Waals surface area contributed by atoms with E-state index in [4.69, 9.17) is 0 Å². The first-order valence-electron chi connectivity index (χ1n) is 5.78. The van der Waals surface area contributed by atoms with E-state index in [0.717, 1.165) is 0 Å². The van der Waals surface area contributed by atoms with Crippen molar-refractivity contribution in [3.63, 3.8) is 0 Å². The van der Waals surface area contributed by atoms with Gasteiger partial charge < -0.3 is 10.1 Å². The highest BCUT2D eigenvalue weighted by atomic mass is 19.1. The number of carbonyl (C=O) groups is 2. The molecule has 0 saturated heterocycles. The molecule has 0 aliphatic heterocycles. The van der Waals surface area contributed by atoms with Crippen LogP contribution in [0.2, 0.25) is 0 Å². The van der Waals surface area contributed by atoms with Crippen LogP contribution in [0.15, 0.2) is 0 Å². The van der Waals surface area contributed by atoms with Crippen molar-refractivity contribution in [2.24, 2.45) is 5.41 Å². The van der Waals surface area contributed by atoms with Crippen LogP contribution in [0.25, 0.3) is 0 Å². The lowest BCUT2D eigenvalue weighted by molar-refractivity contribution is -0.121. The largest absolute Gasteiger partial charge is 0.447 e. The molecule has 0 radical (unpaired) electrons. The number of ether oxygens (including phenoxy) is 1. The summed E-state index contributed by atoms with van der Waals surface area (Å²) in [4.78, 5) is 22.4. The Hall–Kier alpha value is -1.13. The van der Waals surface area contributed by atoms with Crippen molar-refractivity contribution in [3.05, 3.63) is 0 Å². The van der Waals surface area contributed by atoms with Gasteiger partial charge in [0.15, 0.2) is 5.78 Å². The van der Waals surface area contributed by atoms with Crippen LogP contribution < -0.4 is 5.32 Å². The first-order valence-corrected chi connectivity index (χ1v) is 5.78. The molecule has 102 valence electrons. The fourth-order valence-corrected chi connectivity index (χ4v) is 1.22. The zero-order valence-corrected chi connectivity index (χ0v) is 11.6. The zero-order valence-electron chi connectivity index (χ0n) is 11.6. The third-order valence-electron chi connectivity index (χ3n) is 1.85. The number of rotatable bonds is 4. The number of hydrogen-bond donors (Lipinski definition) is 1. The first kappa shape index (κ1) is 18.2. The molecular weight excluding hydrogens is 225 g/mol. The number of Topliss-reactive ketones (excluding diaryl/α,β-unsaturated/α-hetero) is 1. The second-order valence-corrected chi connectivity index (χ2v) is 4.38. The lowest BCUT2D eigenvalue weighted by atomic mass is 9.85. The maximum Gasteiger partial charge on any atom is 0.407 e. The molecule has 0 fully saturated rings. The van der Waals surface area contributed by atoms with Crippen molar-refractivity contribution in [3.8, 4) is 0 Å². The number of halogens is 1. The average Bonchev–Trinajstić information content (AvgIpc) is 2.23. The molecule has 0 aromatic carbocycles. The van der Waals surface area contributed by atoms with E-state index in [-0.39, 0.29) is 17.8 Å². The number of amides is 1. The van der Waals surface area contributed by atoms with Crippen LogP contribution in [-0.4, -0.2) is 31.2 Å². The standard InChI is InChI=1S/C10H18FNO3.C2H6/c1-7(13)8(10(2,3)4)12-9(14)15-6-5-11;1-2/h8H,5-6H2,1-4H3,(H,12,14);1-2H3. The monoisotopic (exact) mass is 249 g/mol. The minimum Gasteiger partial charge on any atom is -0.447 e. The summed E-state index contributed by atoms with van der Waals surface area (Å²) in [5.74, 6) is -0.153. The summed E-state index contributed by atoms with van der Waals surface area (Å²) in [5.41, 5.74) is -0.388. The molecule has 1 amide bonds. The molecule has 4 nitrogen and oxygen atoms in total. The summed E-state index contributed by atoms with van der Waals surface area (Å²) in [7, 11) is 0. The van der Waals surface area contributed by atoms with E-state index in [1.165, 1.54) is 6.92 Å². The number of nitrogens with one attached hydrogen (secondary N) is 1. The maximum atomic E-state index is 11.7. The molecule has 0 aromatic rings. The average molecular weight is 249 g/mol. The third kappa shape index (κ3) is 8.65. The van der Waals surface area contributed by atoms with Crippen molar-refractivity contribution in [2.75, 3.05) is 13.3 Å². The highest BCUT2D eigenvalue weighted by molar-refractivity contribution is 5.86. The van der Waals surface area contributed by atoms with Crippen LogP contribution in [0.1, 0.15) is 41.5 Å². The minimum absolute atomic E-state index is 0.153. The van der Waals surface area contributed by atoms with E-state index >= 15 is 0 Å². The fraction of sp³-hybridized carbons (Fsp3) is 0.833. The Morgan fingerprint density at radius 2 is 1.76 bits per heavy atom. The van der Waals surface area contributed by atoms with Crippen molar-refractivity contribution in [1.29, 1.82) is 0 Å². The Bertz CT molecular complexity index is 236. The molecule has 0 heterocycles. The minimum atomic E-state index is -0.761. The van der Waals surface area contributed by atoms with Gasteiger partial charge >= 0.3 is 6.09 Å². The Kier molecular flexibility index (Phi) is 9.61. The Morgan fingerprint density at radius 3 is 2.06 bits per heavy atom. The van der Waals surface area contributed by atoms with Crippen molar-refractivity contribution >= 4 is 11.9 Å². The Balaban J connectivity index is 0. The summed E-state index contributed by atoms with van der Waals surface area (Å²) in [6.45, 7) is 9.86. The van der Waals surface area contributed by atoms with Gasteiger partial charge in [0.05, 0.1) is 6.04 Å². The summed E-state index contributed by atoms with van der Waals surface area (Å²) >= 11 is 0. The van der Waals surface area contributed by atoms with Crippen LogP contribution in [0.5, 0.6) is 0 Å². The molecule has 0 aliphatic carbocycles. The van der Waals surface area contributed by atoms with Gasteiger partial charge in [-0.3, -0.25) is 4.79 Å². The molecule has 0 aliphatic rings. The van der Waals surface area contributed by atoms with Gasteiger partial charge in [0.1, 0.15) is 13.3 Å². The number of hydrogen-bond acceptors (Lipinski definition) is 3. The van der Waals surface area contributed by atoms with E-state index in [2.05, 4.69) is 10.1 Å². The predicted molar refractivity (Wildman–Crippen MR) is 65.7 cm³/mol. The van der Waals surface area contributed by atoms with Crippen LogP contribution >= 0.6 is 0 Å². The summed E-state index contributed by atoms with van der Waals surface area (Å²) < 4.78 is 16.2. The number of carbonyl (C=O) groups excluding carboxylic acids is 2. The number of alkyl carbamates (subject to hydrolysis) is 1. The van der Waals surface area contributed by atoms with Gasteiger partial charge in [-0.1, -0.05) is 34.6 Å². The molecule has 1 atom stereocenters. The lowest BCUT2D eigenvalue weighted by Crippen LogP contribution is -2.48. The lowest BCUT2D eigenvalue weighted by Gasteiger charge is -2.28. The molecule has 1 unspecified atom stereocenters. The number of ketones is 1. The molecule has 0 spiro atoms. The van der Waals surface area contributed by atoms with Gasteiger partial charge in [-0.05, 0) is 12.3 Å². The predicted octanol–water partition coefficient (Wildman–Crippen LogP) is 2.71. The van der Waals surface area contributed by atoms with E-state index in [9.17, 15) is 14.0 Å². The highest BCUT2D eigenvalue weighted by Gasteiger charge is 2.30. The van der Waals surface area contributed by atoms with Crippen molar-refractivity contribution < 1.29 is 18.7 Å². The first-order chi connectivity index (χ1) is 7.79. The van der Waals surface area contributed by atoms with Crippen molar-refractivity contribution in [1.82, 2.24) is 5.32 Å². The molecule has 5 heteroatoms.